The van der Waals surface area contributed by atoms with E-state index >= 15 is 0 Å². The van der Waals surface area contributed by atoms with E-state index in [1.807, 2.05) is 13.0 Å². The minimum Gasteiger partial charge on any atom is -0.496 e. The molecule has 0 heterocycles. The Bertz CT molecular complexity index is 609. The molecule has 6 nitrogen and oxygen atoms in total. The summed E-state index contributed by atoms with van der Waals surface area (Å²) in [7, 11) is 2.88. The number of guanidine groups is 1. The number of hydrogen-bond acceptors (Lipinski definition) is 5. The molecule has 26 heavy (non-hydrogen) atoms. The SMILES string of the molecule is CCNC(=NCc1ccc(OC)c(C(=O)OC)c1)NCC(C)(C)SC.I. The van der Waals surface area contributed by atoms with Gasteiger partial charge >= 0.3 is 5.97 Å². The molecule has 0 unspecified atom stereocenters. The van der Waals surface area contributed by atoms with Gasteiger partial charge < -0.3 is 20.1 Å². The van der Waals surface area contributed by atoms with Gasteiger partial charge in [-0.05, 0) is 44.7 Å². The second kappa shape index (κ2) is 12.3. The Morgan fingerprint density at radius 2 is 1.96 bits per heavy atom. The summed E-state index contributed by atoms with van der Waals surface area (Å²) in [5.74, 6) is 0.820. The third-order valence-electron chi connectivity index (χ3n) is 3.67. The van der Waals surface area contributed by atoms with Crippen LogP contribution in [-0.4, -0.2) is 50.2 Å². The van der Waals surface area contributed by atoms with E-state index < -0.39 is 5.97 Å². The second-order valence-corrected chi connectivity index (χ2v) is 7.55. The molecule has 0 amide bonds. The zero-order valence-corrected chi connectivity index (χ0v) is 19.5. The highest BCUT2D eigenvalue weighted by Gasteiger charge is 2.16. The molecule has 0 fully saturated rings. The molecule has 8 heteroatoms. The fourth-order valence-corrected chi connectivity index (χ4v) is 2.22. The van der Waals surface area contributed by atoms with E-state index in [1.165, 1.54) is 14.2 Å². The van der Waals surface area contributed by atoms with Crippen molar-refractivity contribution in [1.82, 2.24) is 10.6 Å². The summed E-state index contributed by atoms with van der Waals surface area (Å²) < 4.78 is 10.1. The van der Waals surface area contributed by atoms with Crippen molar-refractivity contribution >= 4 is 47.7 Å². The number of nitrogens with one attached hydrogen (secondary N) is 2. The van der Waals surface area contributed by atoms with E-state index in [-0.39, 0.29) is 28.7 Å². The normalized spacial score (nSPS) is 11.4. The van der Waals surface area contributed by atoms with Crippen LogP contribution in [0.25, 0.3) is 0 Å². The average molecular weight is 495 g/mol. The molecular weight excluding hydrogens is 465 g/mol. The van der Waals surface area contributed by atoms with Gasteiger partial charge in [-0.2, -0.15) is 11.8 Å². The lowest BCUT2D eigenvalue weighted by molar-refractivity contribution is 0.0597. The first-order valence-corrected chi connectivity index (χ1v) is 9.42. The van der Waals surface area contributed by atoms with Crippen LogP contribution in [0.2, 0.25) is 0 Å². The molecule has 0 bridgehead atoms. The number of ether oxygens (including phenoxy) is 2. The molecule has 0 radical (unpaired) electrons. The molecule has 0 saturated heterocycles. The van der Waals surface area contributed by atoms with Crippen LogP contribution >= 0.6 is 35.7 Å². The molecule has 2 N–H and O–H groups in total. The summed E-state index contributed by atoms with van der Waals surface area (Å²) in [6, 6.07) is 5.40. The number of thioether (sulfide) groups is 1. The Labute approximate surface area is 177 Å². The summed E-state index contributed by atoms with van der Waals surface area (Å²) in [4.78, 5) is 16.5. The van der Waals surface area contributed by atoms with E-state index in [2.05, 4.69) is 35.7 Å². The van der Waals surface area contributed by atoms with Crippen molar-refractivity contribution in [3.63, 3.8) is 0 Å². The lowest BCUT2D eigenvalue weighted by atomic mass is 10.1. The van der Waals surface area contributed by atoms with Gasteiger partial charge in [0.15, 0.2) is 5.96 Å². The Hall–Kier alpha value is -1.16. The number of rotatable bonds is 8. The number of carbonyl (C=O) groups is 1. The molecule has 1 aromatic carbocycles. The number of halogens is 1. The topological polar surface area (TPSA) is 72.0 Å². The Kier molecular flexibility index (Phi) is 11.7. The summed E-state index contributed by atoms with van der Waals surface area (Å²) in [5, 5.41) is 6.59. The predicted molar refractivity (Wildman–Crippen MR) is 120 cm³/mol. The number of benzene rings is 1. The quantitative estimate of drug-likeness (QED) is 0.250. The number of hydrogen-bond donors (Lipinski definition) is 2. The molecule has 0 spiro atoms. The van der Waals surface area contributed by atoms with Crippen LogP contribution in [0.4, 0.5) is 0 Å². The smallest absolute Gasteiger partial charge is 0.341 e. The number of aliphatic imine (C=N–C) groups is 1. The van der Waals surface area contributed by atoms with Crippen LogP contribution in [0.5, 0.6) is 5.75 Å². The van der Waals surface area contributed by atoms with Gasteiger partial charge in [0.05, 0.1) is 20.8 Å². The molecule has 148 valence electrons. The fourth-order valence-electron chi connectivity index (χ4n) is 2.00. The highest BCUT2D eigenvalue weighted by atomic mass is 127. The minimum atomic E-state index is -0.422. The third-order valence-corrected chi connectivity index (χ3v) is 4.92. The Morgan fingerprint density at radius 3 is 2.50 bits per heavy atom. The first kappa shape index (κ1) is 24.8. The Morgan fingerprint density at radius 1 is 1.27 bits per heavy atom. The first-order valence-electron chi connectivity index (χ1n) is 8.19. The first-order chi connectivity index (χ1) is 11.9. The second-order valence-electron chi connectivity index (χ2n) is 6.04. The molecule has 1 aromatic rings. The van der Waals surface area contributed by atoms with Gasteiger partial charge in [0.25, 0.3) is 0 Å². The molecular formula is C18H30IN3O3S. The molecule has 0 aliphatic carbocycles. The lowest BCUT2D eigenvalue weighted by Gasteiger charge is -2.23. The van der Waals surface area contributed by atoms with Gasteiger partial charge in [0, 0.05) is 17.8 Å². The zero-order chi connectivity index (χ0) is 18.9. The average Bonchev–Trinajstić information content (AvgIpc) is 2.63. The summed E-state index contributed by atoms with van der Waals surface area (Å²) >= 11 is 1.80. The maximum Gasteiger partial charge on any atom is 0.341 e. The zero-order valence-electron chi connectivity index (χ0n) is 16.3. The molecule has 0 atom stereocenters. The molecule has 0 saturated carbocycles. The summed E-state index contributed by atoms with van der Waals surface area (Å²) in [6.07, 6.45) is 2.09. The number of carbonyl (C=O) groups excluding carboxylic acids is 1. The lowest BCUT2D eigenvalue weighted by Crippen LogP contribution is -2.43. The van der Waals surface area contributed by atoms with Crippen molar-refractivity contribution in [3.8, 4) is 5.75 Å². The molecule has 1 rings (SSSR count). The maximum atomic E-state index is 11.9. The van der Waals surface area contributed by atoms with Crippen molar-refractivity contribution < 1.29 is 14.3 Å². The van der Waals surface area contributed by atoms with Crippen LogP contribution in [0, 0.1) is 0 Å². The standard InChI is InChI=1S/C18H29N3O3S.HI/c1-7-19-17(21-12-18(2,3)25-6)20-11-13-8-9-15(23-4)14(10-13)16(22)24-5;/h8-10H,7,11-12H2,1-6H3,(H2,19,20,21);1H. The van der Waals surface area contributed by atoms with Crippen molar-refractivity contribution in [2.45, 2.75) is 32.1 Å². The molecule has 0 aliphatic rings. The van der Waals surface area contributed by atoms with Crippen molar-refractivity contribution in [3.05, 3.63) is 29.3 Å². The van der Waals surface area contributed by atoms with Crippen LogP contribution in [-0.2, 0) is 11.3 Å². The van der Waals surface area contributed by atoms with Crippen LogP contribution < -0.4 is 15.4 Å². The van der Waals surface area contributed by atoms with Gasteiger partial charge in [0.2, 0.25) is 0 Å². The van der Waals surface area contributed by atoms with E-state index in [0.717, 1.165) is 24.6 Å². The summed E-state index contributed by atoms with van der Waals surface area (Å²) in [6.45, 7) is 8.42. The van der Waals surface area contributed by atoms with Gasteiger partial charge in [-0.15, -0.1) is 24.0 Å². The maximum absolute atomic E-state index is 11.9. The van der Waals surface area contributed by atoms with E-state index in [4.69, 9.17) is 9.47 Å². The van der Waals surface area contributed by atoms with E-state index in [0.29, 0.717) is 17.9 Å². The van der Waals surface area contributed by atoms with Crippen molar-refractivity contribution in [2.75, 3.05) is 33.6 Å². The Balaban J connectivity index is 0.00000625. The highest BCUT2D eigenvalue weighted by Crippen LogP contribution is 2.21. The fraction of sp³-hybridized carbons (Fsp3) is 0.556. The highest BCUT2D eigenvalue weighted by molar-refractivity contribution is 14.0. The third kappa shape index (κ3) is 8.03. The van der Waals surface area contributed by atoms with Crippen molar-refractivity contribution in [2.24, 2.45) is 4.99 Å². The van der Waals surface area contributed by atoms with Crippen molar-refractivity contribution in [1.29, 1.82) is 0 Å². The van der Waals surface area contributed by atoms with Gasteiger partial charge in [0.1, 0.15) is 11.3 Å². The number of methoxy groups -OCH3 is 2. The molecule has 0 aromatic heterocycles. The van der Waals surface area contributed by atoms with Gasteiger partial charge in [-0.3, -0.25) is 0 Å². The number of esters is 1. The van der Waals surface area contributed by atoms with E-state index in [9.17, 15) is 4.79 Å². The molecule has 0 aliphatic heterocycles. The van der Waals surface area contributed by atoms with E-state index in [1.54, 1.807) is 23.9 Å². The predicted octanol–water partition coefficient (Wildman–Crippen LogP) is 3.30. The largest absolute Gasteiger partial charge is 0.496 e. The van der Waals surface area contributed by atoms with Crippen LogP contribution in [0.15, 0.2) is 23.2 Å². The monoisotopic (exact) mass is 495 g/mol. The van der Waals surface area contributed by atoms with Crippen LogP contribution in [0.1, 0.15) is 36.7 Å². The van der Waals surface area contributed by atoms with Crippen LogP contribution in [0.3, 0.4) is 0 Å². The number of nitrogens with zero attached hydrogens (tertiary/aromatic N) is 1. The minimum absolute atomic E-state index is 0. The van der Waals surface area contributed by atoms with Gasteiger partial charge in [-0.25, -0.2) is 9.79 Å². The van der Waals surface area contributed by atoms with Gasteiger partial charge in [-0.1, -0.05) is 6.07 Å². The summed E-state index contributed by atoms with van der Waals surface area (Å²) in [5.41, 5.74) is 1.31.